The number of aromatic nitrogens is 2. The monoisotopic (exact) mass is 275 g/mol. The van der Waals surface area contributed by atoms with E-state index in [2.05, 4.69) is 15.3 Å². The molecule has 0 atom stereocenters. The highest BCUT2D eigenvalue weighted by Gasteiger charge is 2.28. The third kappa shape index (κ3) is 3.11. The van der Waals surface area contributed by atoms with Gasteiger partial charge in [-0.25, -0.2) is 9.97 Å². The summed E-state index contributed by atoms with van der Waals surface area (Å²) in [4.78, 5) is 8.79. The second-order valence-corrected chi connectivity index (χ2v) is 6.35. The summed E-state index contributed by atoms with van der Waals surface area (Å²) >= 11 is 0. The minimum absolute atomic E-state index is 0.553. The van der Waals surface area contributed by atoms with Crippen LogP contribution in [0.1, 0.15) is 62.6 Å². The van der Waals surface area contributed by atoms with Crippen molar-refractivity contribution in [3.63, 3.8) is 0 Å². The molecule has 1 fully saturated rings. The Balaban J connectivity index is 1.68. The Morgan fingerprint density at radius 3 is 2.55 bits per heavy atom. The van der Waals surface area contributed by atoms with E-state index in [-0.39, 0.29) is 0 Å². The lowest BCUT2D eigenvalue weighted by Crippen LogP contribution is -2.36. The highest BCUT2D eigenvalue weighted by atomic mass is 16.3. The molecular weight excluding hydrogens is 250 g/mol. The van der Waals surface area contributed by atoms with E-state index < -0.39 is 5.60 Å². The fourth-order valence-corrected chi connectivity index (χ4v) is 3.49. The number of hydrogen-bond donors (Lipinski definition) is 2. The van der Waals surface area contributed by atoms with Gasteiger partial charge in [-0.05, 0) is 38.5 Å². The molecule has 110 valence electrons. The summed E-state index contributed by atoms with van der Waals surface area (Å²) in [5.74, 6) is 0.951. The van der Waals surface area contributed by atoms with Crippen molar-refractivity contribution in [3.05, 3.63) is 17.6 Å². The Kier molecular flexibility index (Phi) is 4.20. The lowest BCUT2D eigenvalue weighted by Gasteiger charge is -2.28. The molecule has 0 bridgehead atoms. The van der Waals surface area contributed by atoms with Crippen LogP contribution in [-0.2, 0) is 12.8 Å². The predicted molar refractivity (Wildman–Crippen MR) is 79.8 cm³/mol. The van der Waals surface area contributed by atoms with Crippen LogP contribution < -0.4 is 5.32 Å². The fraction of sp³-hybridized carbons (Fsp3) is 0.750. The van der Waals surface area contributed by atoms with Crippen molar-refractivity contribution in [2.24, 2.45) is 0 Å². The smallest absolute Gasteiger partial charge is 0.132 e. The van der Waals surface area contributed by atoms with Crippen LogP contribution >= 0.6 is 0 Å². The van der Waals surface area contributed by atoms with Gasteiger partial charge in [0.2, 0.25) is 0 Å². The van der Waals surface area contributed by atoms with Crippen LogP contribution in [0.3, 0.4) is 0 Å². The van der Waals surface area contributed by atoms with Crippen LogP contribution in [0.2, 0.25) is 0 Å². The van der Waals surface area contributed by atoms with E-state index in [0.717, 1.165) is 44.3 Å². The fourth-order valence-electron chi connectivity index (χ4n) is 3.49. The first-order chi connectivity index (χ1) is 9.77. The van der Waals surface area contributed by atoms with Crippen LogP contribution in [0.25, 0.3) is 0 Å². The van der Waals surface area contributed by atoms with Crippen LogP contribution in [0.4, 0.5) is 5.82 Å². The van der Waals surface area contributed by atoms with Gasteiger partial charge < -0.3 is 10.4 Å². The quantitative estimate of drug-likeness (QED) is 0.833. The van der Waals surface area contributed by atoms with E-state index in [0.29, 0.717) is 6.54 Å². The SMILES string of the molecule is OC1(CNc2ncnc3c2CCCC3)CCCCCC1. The molecule has 0 aliphatic heterocycles. The zero-order valence-corrected chi connectivity index (χ0v) is 12.2. The molecule has 2 aliphatic rings. The normalized spacial score (nSPS) is 21.9. The van der Waals surface area contributed by atoms with Gasteiger partial charge in [0.15, 0.2) is 0 Å². The van der Waals surface area contributed by atoms with Gasteiger partial charge in [-0.15, -0.1) is 0 Å². The van der Waals surface area contributed by atoms with Crippen molar-refractivity contribution in [3.8, 4) is 0 Å². The van der Waals surface area contributed by atoms with Crippen LogP contribution in [0.5, 0.6) is 0 Å². The van der Waals surface area contributed by atoms with Crippen LogP contribution in [-0.4, -0.2) is 27.2 Å². The van der Waals surface area contributed by atoms with Gasteiger partial charge in [-0.1, -0.05) is 25.7 Å². The maximum atomic E-state index is 10.7. The molecule has 0 spiro atoms. The number of nitrogens with zero attached hydrogens (tertiary/aromatic N) is 2. The summed E-state index contributed by atoms with van der Waals surface area (Å²) < 4.78 is 0. The molecule has 4 nitrogen and oxygen atoms in total. The third-order valence-corrected chi connectivity index (χ3v) is 4.74. The molecule has 0 saturated heterocycles. The summed E-state index contributed by atoms with van der Waals surface area (Å²) in [6.07, 6.45) is 12.8. The third-order valence-electron chi connectivity index (χ3n) is 4.74. The van der Waals surface area contributed by atoms with Crippen LogP contribution in [0, 0.1) is 0 Å². The lowest BCUT2D eigenvalue weighted by atomic mass is 9.93. The maximum Gasteiger partial charge on any atom is 0.132 e. The topological polar surface area (TPSA) is 58.0 Å². The van der Waals surface area contributed by atoms with E-state index in [4.69, 9.17) is 0 Å². The number of aryl methyl sites for hydroxylation is 1. The Bertz CT molecular complexity index is 453. The number of aliphatic hydroxyl groups is 1. The summed E-state index contributed by atoms with van der Waals surface area (Å²) in [6.45, 7) is 0.621. The molecule has 1 aromatic heterocycles. The average Bonchev–Trinajstić information content (AvgIpc) is 2.70. The second-order valence-electron chi connectivity index (χ2n) is 6.35. The van der Waals surface area contributed by atoms with Gasteiger partial charge in [0.1, 0.15) is 12.1 Å². The highest BCUT2D eigenvalue weighted by Crippen LogP contribution is 2.29. The van der Waals surface area contributed by atoms with Gasteiger partial charge in [0.05, 0.1) is 5.60 Å². The zero-order chi connectivity index (χ0) is 13.8. The first-order valence-corrected chi connectivity index (χ1v) is 8.06. The van der Waals surface area contributed by atoms with Crippen molar-refractivity contribution >= 4 is 5.82 Å². The van der Waals surface area contributed by atoms with Crippen molar-refractivity contribution in [1.29, 1.82) is 0 Å². The molecule has 1 aromatic rings. The summed E-state index contributed by atoms with van der Waals surface area (Å²) in [5.41, 5.74) is 1.92. The number of nitrogens with one attached hydrogen (secondary N) is 1. The van der Waals surface area contributed by atoms with Crippen molar-refractivity contribution in [1.82, 2.24) is 9.97 Å². The van der Waals surface area contributed by atoms with Gasteiger partial charge >= 0.3 is 0 Å². The Morgan fingerprint density at radius 2 is 1.75 bits per heavy atom. The molecule has 0 radical (unpaired) electrons. The Hall–Kier alpha value is -1.16. The molecule has 2 N–H and O–H groups in total. The molecule has 1 heterocycles. The molecule has 0 unspecified atom stereocenters. The summed E-state index contributed by atoms with van der Waals surface area (Å²) in [6, 6.07) is 0. The van der Waals surface area contributed by atoms with E-state index in [1.807, 2.05) is 0 Å². The first-order valence-electron chi connectivity index (χ1n) is 8.06. The van der Waals surface area contributed by atoms with E-state index in [1.165, 1.54) is 36.9 Å². The van der Waals surface area contributed by atoms with Gasteiger partial charge in [0, 0.05) is 17.8 Å². The minimum Gasteiger partial charge on any atom is -0.388 e. The van der Waals surface area contributed by atoms with Crippen molar-refractivity contribution in [2.75, 3.05) is 11.9 Å². The minimum atomic E-state index is -0.553. The van der Waals surface area contributed by atoms with Crippen LogP contribution in [0.15, 0.2) is 6.33 Å². The van der Waals surface area contributed by atoms with Crippen molar-refractivity contribution < 1.29 is 5.11 Å². The zero-order valence-electron chi connectivity index (χ0n) is 12.2. The number of hydrogen-bond acceptors (Lipinski definition) is 4. The van der Waals surface area contributed by atoms with E-state index in [9.17, 15) is 5.11 Å². The maximum absolute atomic E-state index is 10.7. The second kappa shape index (κ2) is 6.08. The van der Waals surface area contributed by atoms with Gasteiger partial charge in [0.25, 0.3) is 0 Å². The predicted octanol–water partition coefficient (Wildman–Crippen LogP) is 2.85. The molecule has 0 amide bonds. The lowest BCUT2D eigenvalue weighted by molar-refractivity contribution is 0.0380. The molecule has 0 aromatic carbocycles. The van der Waals surface area contributed by atoms with E-state index in [1.54, 1.807) is 6.33 Å². The Morgan fingerprint density at radius 1 is 1.00 bits per heavy atom. The molecule has 2 aliphatic carbocycles. The standard InChI is InChI=1S/C16H25N3O/c20-16(9-5-1-2-6-10-16)11-17-15-13-7-3-4-8-14(13)18-12-19-15/h12,20H,1-11H2,(H,17,18,19). The molecular formula is C16H25N3O. The largest absolute Gasteiger partial charge is 0.388 e. The Labute approximate surface area is 121 Å². The summed E-state index contributed by atoms with van der Waals surface area (Å²) in [7, 11) is 0. The molecule has 3 rings (SSSR count). The average molecular weight is 275 g/mol. The molecule has 4 heteroatoms. The van der Waals surface area contributed by atoms with Gasteiger partial charge in [-0.3, -0.25) is 0 Å². The molecule has 20 heavy (non-hydrogen) atoms. The van der Waals surface area contributed by atoms with Gasteiger partial charge in [-0.2, -0.15) is 0 Å². The first kappa shape index (κ1) is 13.8. The summed E-state index contributed by atoms with van der Waals surface area (Å²) in [5, 5.41) is 14.1. The highest BCUT2D eigenvalue weighted by molar-refractivity contribution is 5.47. The van der Waals surface area contributed by atoms with E-state index >= 15 is 0 Å². The number of rotatable bonds is 3. The van der Waals surface area contributed by atoms with Crippen molar-refractivity contribution in [2.45, 2.75) is 69.8 Å². The number of anilines is 1. The molecule has 1 saturated carbocycles. The number of fused-ring (bicyclic) bond motifs is 1.